The Balaban J connectivity index is 1.82. The van der Waals surface area contributed by atoms with Gasteiger partial charge < -0.3 is 9.47 Å². The molecule has 2 aliphatic carbocycles. The van der Waals surface area contributed by atoms with Crippen LogP contribution in [0.3, 0.4) is 0 Å². The molecular weight excluding hydrogens is 240 g/mol. The molecule has 0 aromatic heterocycles. The highest BCUT2D eigenvalue weighted by Gasteiger charge is 2.63. The largest absolute Gasteiger partial charge is 0.498 e. The van der Waals surface area contributed by atoms with Gasteiger partial charge in [-0.15, -0.1) is 0 Å². The lowest BCUT2D eigenvalue weighted by molar-refractivity contribution is -0.161. The second kappa shape index (κ2) is 4.26. The SMILES string of the molecule is C=C1OCCC12CC1CC2C(OC(=O)C(C)C)C1C. The first-order chi connectivity index (χ1) is 8.95. The Labute approximate surface area is 115 Å². The highest BCUT2D eigenvalue weighted by Crippen LogP contribution is 2.65. The molecule has 2 saturated carbocycles. The van der Waals surface area contributed by atoms with Gasteiger partial charge in [0.05, 0.1) is 18.3 Å². The van der Waals surface area contributed by atoms with Crippen LogP contribution < -0.4 is 0 Å². The van der Waals surface area contributed by atoms with Crippen molar-refractivity contribution >= 4 is 5.97 Å². The fraction of sp³-hybridized carbons (Fsp3) is 0.812. The Kier molecular flexibility index (Phi) is 2.91. The maximum absolute atomic E-state index is 11.9. The molecule has 1 heterocycles. The molecule has 0 N–H and O–H groups in total. The average molecular weight is 264 g/mol. The lowest BCUT2D eigenvalue weighted by atomic mass is 9.67. The van der Waals surface area contributed by atoms with Crippen LogP contribution in [0.15, 0.2) is 12.3 Å². The maximum atomic E-state index is 11.9. The van der Waals surface area contributed by atoms with Crippen molar-refractivity contribution < 1.29 is 14.3 Å². The molecule has 0 aromatic carbocycles. The zero-order valence-electron chi connectivity index (χ0n) is 12.1. The van der Waals surface area contributed by atoms with Crippen LogP contribution in [-0.4, -0.2) is 18.7 Å². The molecule has 0 amide bonds. The minimum absolute atomic E-state index is 0.0506. The molecule has 106 valence electrons. The second-order valence-electron chi connectivity index (χ2n) is 6.90. The summed E-state index contributed by atoms with van der Waals surface area (Å²) < 4.78 is 11.5. The molecule has 3 fully saturated rings. The van der Waals surface area contributed by atoms with Crippen LogP contribution in [0.25, 0.3) is 0 Å². The van der Waals surface area contributed by atoms with Crippen molar-refractivity contribution in [2.24, 2.45) is 29.1 Å². The van der Waals surface area contributed by atoms with E-state index in [1.165, 1.54) is 12.8 Å². The van der Waals surface area contributed by atoms with Crippen molar-refractivity contribution in [2.45, 2.75) is 46.1 Å². The first-order valence-corrected chi connectivity index (χ1v) is 7.48. The molecule has 3 nitrogen and oxygen atoms in total. The summed E-state index contributed by atoms with van der Waals surface area (Å²) in [7, 11) is 0. The fourth-order valence-electron chi connectivity index (χ4n) is 4.45. The summed E-state index contributed by atoms with van der Waals surface area (Å²) in [6.07, 6.45) is 3.45. The monoisotopic (exact) mass is 264 g/mol. The van der Waals surface area contributed by atoms with E-state index in [0.29, 0.717) is 17.8 Å². The number of hydrogen-bond acceptors (Lipinski definition) is 3. The minimum Gasteiger partial charge on any atom is -0.498 e. The van der Waals surface area contributed by atoms with Crippen LogP contribution in [0.2, 0.25) is 0 Å². The lowest BCUT2D eigenvalue weighted by Gasteiger charge is -2.40. The highest BCUT2D eigenvalue weighted by atomic mass is 16.5. The number of hydrogen-bond donors (Lipinski definition) is 0. The number of rotatable bonds is 2. The second-order valence-corrected chi connectivity index (χ2v) is 6.90. The number of carbonyl (C=O) groups excluding carboxylic acids is 1. The third-order valence-electron chi connectivity index (χ3n) is 5.65. The molecule has 0 radical (unpaired) electrons. The van der Waals surface area contributed by atoms with Crippen molar-refractivity contribution in [3.05, 3.63) is 12.3 Å². The summed E-state index contributed by atoms with van der Waals surface area (Å²) in [6.45, 7) is 10.9. The molecule has 2 bridgehead atoms. The predicted octanol–water partition coefficient (Wildman–Crippen LogP) is 3.15. The van der Waals surface area contributed by atoms with E-state index in [1.807, 2.05) is 13.8 Å². The van der Waals surface area contributed by atoms with Gasteiger partial charge in [-0.2, -0.15) is 0 Å². The van der Waals surface area contributed by atoms with Crippen LogP contribution in [0, 0.1) is 29.1 Å². The van der Waals surface area contributed by atoms with Gasteiger partial charge in [-0.25, -0.2) is 0 Å². The van der Waals surface area contributed by atoms with Gasteiger partial charge >= 0.3 is 5.97 Å². The minimum atomic E-state index is -0.0657. The molecular formula is C16H24O3. The van der Waals surface area contributed by atoms with Crippen molar-refractivity contribution in [3.8, 4) is 0 Å². The topological polar surface area (TPSA) is 35.5 Å². The van der Waals surface area contributed by atoms with E-state index in [-0.39, 0.29) is 23.4 Å². The predicted molar refractivity (Wildman–Crippen MR) is 72.2 cm³/mol. The summed E-state index contributed by atoms with van der Waals surface area (Å²) in [6, 6.07) is 0. The van der Waals surface area contributed by atoms with E-state index in [0.717, 1.165) is 18.8 Å². The summed E-state index contributed by atoms with van der Waals surface area (Å²) in [5.74, 6) is 2.39. The van der Waals surface area contributed by atoms with Gasteiger partial charge in [0.1, 0.15) is 6.10 Å². The maximum Gasteiger partial charge on any atom is 0.308 e. The zero-order chi connectivity index (χ0) is 13.8. The molecule has 3 aliphatic rings. The molecule has 3 rings (SSSR count). The van der Waals surface area contributed by atoms with Crippen molar-refractivity contribution in [1.82, 2.24) is 0 Å². The van der Waals surface area contributed by atoms with Crippen molar-refractivity contribution in [3.63, 3.8) is 0 Å². The van der Waals surface area contributed by atoms with E-state index in [2.05, 4.69) is 13.5 Å². The zero-order valence-corrected chi connectivity index (χ0v) is 12.1. The number of fused-ring (bicyclic) bond motifs is 3. The molecule has 1 aliphatic heterocycles. The third-order valence-corrected chi connectivity index (χ3v) is 5.65. The molecule has 1 spiro atoms. The van der Waals surface area contributed by atoms with Crippen LogP contribution in [0.1, 0.15) is 40.0 Å². The van der Waals surface area contributed by atoms with Crippen LogP contribution in [-0.2, 0) is 14.3 Å². The van der Waals surface area contributed by atoms with E-state index < -0.39 is 0 Å². The van der Waals surface area contributed by atoms with E-state index >= 15 is 0 Å². The summed E-state index contributed by atoms with van der Waals surface area (Å²) in [4.78, 5) is 11.9. The Morgan fingerprint density at radius 2 is 2.26 bits per heavy atom. The molecule has 19 heavy (non-hydrogen) atoms. The van der Waals surface area contributed by atoms with Crippen LogP contribution >= 0.6 is 0 Å². The van der Waals surface area contributed by atoms with Gasteiger partial charge in [0.15, 0.2) is 0 Å². The van der Waals surface area contributed by atoms with Gasteiger partial charge in [0, 0.05) is 11.3 Å². The van der Waals surface area contributed by atoms with Gasteiger partial charge in [0.25, 0.3) is 0 Å². The molecule has 5 atom stereocenters. The Hall–Kier alpha value is -0.990. The smallest absolute Gasteiger partial charge is 0.308 e. The molecule has 5 unspecified atom stereocenters. The highest BCUT2D eigenvalue weighted by molar-refractivity contribution is 5.71. The van der Waals surface area contributed by atoms with Gasteiger partial charge in [-0.1, -0.05) is 27.4 Å². The Bertz CT molecular complexity index is 414. The Morgan fingerprint density at radius 3 is 2.79 bits per heavy atom. The first-order valence-electron chi connectivity index (χ1n) is 7.48. The summed E-state index contributed by atoms with van der Waals surface area (Å²) >= 11 is 0. The number of allylic oxidation sites excluding steroid dienone is 1. The van der Waals surface area contributed by atoms with Crippen LogP contribution in [0.4, 0.5) is 0 Å². The lowest BCUT2D eigenvalue weighted by Crippen LogP contribution is -2.42. The van der Waals surface area contributed by atoms with Crippen molar-refractivity contribution in [1.29, 1.82) is 0 Å². The standard InChI is InChI=1S/C16H24O3/c1-9(2)15(17)19-14-10(3)12-7-13(14)16(8-12)5-6-18-11(16)4/h9-10,12-14H,4-8H2,1-3H3. The average Bonchev–Trinajstić information content (AvgIpc) is 2.98. The number of ether oxygens (including phenoxy) is 2. The van der Waals surface area contributed by atoms with Gasteiger partial charge in [-0.3, -0.25) is 4.79 Å². The van der Waals surface area contributed by atoms with E-state index in [1.54, 1.807) is 0 Å². The quantitative estimate of drug-likeness (QED) is 0.719. The summed E-state index contributed by atoms with van der Waals surface area (Å²) in [5, 5.41) is 0. The van der Waals surface area contributed by atoms with Crippen LogP contribution in [0.5, 0.6) is 0 Å². The number of esters is 1. The number of carbonyl (C=O) groups is 1. The first kappa shape index (κ1) is 13.0. The van der Waals surface area contributed by atoms with Gasteiger partial charge in [0.2, 0.25) is 0 Å². The fourth-order valence-corrected chi connectivity index (χ4v) is 4.45. The molecule has 3 heteroatoms. The molecule has 1 saturated heterocycles. The van der Waals surface area contributed by atoms with E-state index in [9.17, 15) is 4.79 Å². The third kappa shape index (κ3) is 1.73. The molecule has 0 aromatic rings. The normalized spacial score (nSPS) is 44.1. The Morgan fingerprint density at radius 1 is 1.53 bits per heavy atom. The van der Waals surface area contributed by atoms with E-state index in [4.69, 9.17) is 9.47 Å². The van der Waals surface area contributed by atoms with Crippen molar-refractivity contribution in [2.75, 3.05) is 6.61 Å². The van der Waals surface area contributed by atoms with Gasteiger partial charge in [-0.05, 0) is 31.1 Å². The summed E-state index contributed by atoms with van der Waals surface area (Å²) in [5.41, 5.74) is 0.0963.